The minimum absolute atomic E-state index is 0.0385. The number of nitrogens with two attached hydrogens (primary N) is 1. The third kappa shape index (κ3) is 4.95. The van der Waals surface area contributed by atoms with Crippen LogP contribution in [0, 0.1) is 0 Å². The number of hydrogen-bond acceptors (Lipinski definition) is 3. The number of carbonyl (C=O) groups excluding carboxylic acids is 3. The molecule has 0 aromatic heterocycles. The fraction of sp³-hybridized carbons (Fsp3) is 0.353. The van der Waals surface area contributed by atoms with E-state index < -0.39 is 5.91 Å². The lowest BCUT2D eigenvalue weighted by atomic mass is 10.0. The summed E-state index contributed by atoms with van der Waals surface area (Å²) < 4.78 is 0. The standard InChI is InChI=1S/C17H21N3O3/c1-12(21)19-15-7-4-13(5-8-15)11-20-10-2-3-14(17(20)23)6-9-16(18)22/h3-5,7-8H,2,6,9-11H2,1H3,(H2,18,22)(H,19,21). The predicted molar refractivity (Wildman–Crippen MR) is 87.3 cm³/mol. The van der Waals surface area contributed by atoms with Crippen LogP contribution in [0.3, 0.4) is 0 Å². The third-order valence-corrected chi connectivity index (χ3v) is 3.64. The monoisotopic (exact) mass is 315 g/mol. The van der Waals surface area contributed by atoms with E-state index in [0.29, 0.717) is 25.1 Å². The quantitative estimate of drug-likeness (QED) is 0.834. The molecule has 3 N–H and O–H groups in total. The number of amides is 3. The molecule has 0 aliphatic carbocycles. The van der Waals surface area contributed by atoms with Crippen LogP contribution in [-0.2, 0) is 20.9 Å². The molecule has 1 heterocycles. The maximum Gasteiger partial charge on any atom is 0.249 e. The van der Waals surface area contributed by atoms with Crippen molar-refractivity contribution in [2.75, 3.05) is 11.9 Å². The van der Waals surface area contributed by atoms with Gasteiger partial charge in [0, 0.05) is 37.7 Å². The largest absolute Gasteiger partial charge is 0.370 e. The van der Waals surface area contributed by atoms with Crippen molar-refractivity contribution in [1.29, 1.82) is 0 Å². The molecule has 1 aromatic carbocycles. The fourth-order valence-corrected chi connectivity index (χ4v) is 2.52. The van der Waals surface area contributed by atoms with Crippen molar-refractivity contribution in [1.82, 2.24) is 4.90 Å². The number of hydrogen-bond donors (Lipinski definition) is 2. The van der Waals surface area contributed by atoms with Gasteiger partial charge in [-0.05, 0) is 30.5 Å². The van der Waals surface area contributed by atoms with E-state index in [0.717, 1.165) is 17.7 Å². The minimum Gasteiger partial charge on any atom is -0.370 e. The zero-order valence-electron chi connectivity index (χ0n) is 13.2. The lowest BCUT2D eigenvalue weighted by Crippen LogP contribution is -2.35. The Balaban J connectivity index is 1.97. The molecule has 6 nitrogen and oxygen atoms in total. The topological polar surface area (TPSA) is 92.5 Å². The van der Waals surface area contributed by atoms with Gasteiger partial charge in [-0.1, -0.05) is 18.2 Å². The van der Waals surface area contributed by atoms with Gasteiger partial charge < -0.3 is 16.0 Å². The predicted octanol–water partition coefficient (Wildman–Crippen LogP) is 1.57. The van der Waals surface area contributed by atoms with E-state index in [1.54, 1.807) is 4.90 Å². The highest BCUT2D eigenvalue weighted by atomic mass is 16.2. The molecule has 2 rings (SSSR count). The van der Waals surface area contributed by atoms with Crippen LogP contribution in [-0.4, -0.2) is 29.2 Å². The highest BCUT2D eigenvalue weighted by Crippen LogP contribution is 2.19. The SMILES string of the molecule is CC(=O)Nc1ccc(CN2CCC=C(CCC(N)=O)C2=O)cc1. The van der Waals surface area contributed by atoms with Crippen LogP contribution in [0.25, 0.3) is 0 Å². The molecule has 0 radical (unpaired) electrons. The second kappa shape index (κ2) is 7.58. The van der Waals surface area contributed by atoms with Crippen molar-refractivity contribution in [2.45, 2.75) is 32.7 Å². The Morgan fingerprint density at radius 2 is 1.96 bits per heavy atom. The summed E-state index contributed by atoms with van der Waals surface area (Å²) in [7, 11) is 0. The summed E-state index contributed by atoms with van der Waals surface area (Å²) in [6, 6.07) is 7.41. The summed E-state index contributed by atoms with van der Waals surface area (Å²) in [4.78, 5) is 36.0. The van der Waals surface area contributed by atoms with Crippen LogP contribution in [0.5, 0.6) is 0 Å². The molecular formula is C17H21N3O3. The maximum absolute atomic E-state index is 12.4. The molecule has 23 heavy (non-hydrogen) atoms. The van der Waals surface area contributed by atoms with E-state index in [4.69, 9.17) is 5.73 Å². The summed E-state index contributed by atoms with van der Waals surface area (Å²) in [5, 5.41) is 2.71. The molecule has 1 aromatic rings. The molecule has 1 aliphatic rings. The molecule has 122 valence electrons. The summed E-state index contributed by atoms with van der Waals surface area (Å²) >= 11 is 0. The molecule has 1 aliphatic heterocycles. The van der Waals surface area contributed by atoms with E-state index in [-0.39, 0.29) is 18.2 Å². The summed E-state index contributed by atoms with van der Waals surface area (Å²) in [5.74, 6) is -0.555. The van der Waals surface area contributed by atoms with E-state index in [1.807, 2.05) is 30.3 Å². The number of carbonyl (C=O) groups is 3. The molecule has 0 unspecified atom stereocenters. The van der Waals surface area contributed by atoms with Gasteiger partial charge in [0.05, 0.1) is 0 Å². The Labute approximate surface area is 135 Å². The molecule has 0 saturated heterocycles. The third-order valence-electron chi connectivity index (χ3n) is 3.64. The first-order chi connectivity index (χ1) is 11.0. The Hall–Kier alpha value is -2.63. The Bertz CT molecular complexity index is 635. The first-order valence-corrected chi connectivity index (χ1v) is 7.59. The molecule has 0 fully saturated rings. The smallest absolute Gasteiger partial charge is 0.249 e. The highest BCUT2D eigenvalue weighted by Gasteiger charge is 2.22. The van der Waals surface area contributed by atoms with E-state index >= 15 is 0 Å². The minimum atomic E-state index is -0.399. The molecular weight excluding hydrogens is 294 g/mol. The lowest BCUT2D eigenvalue weighted by Gasteiger charge is -2.27. The molecule has 3 amide bonds. The highest BCUT2D eigenvalue weighted by molar-refractivity contribution is 5.94. The zero-order valence-corrected chi connectivity index (χ0v) is 13.2. The summed E-state index contributed by atoms with van der Waals surface area (Å²) in [6.07, 6.45) is 3.26. The molecule has 6 heteroatoms. The van der Waals surface area contributed by atoms with Crippen LogP contribution in [0.2, 0.25) is 0 Å². The second-order valence-electron chi connectivity index (χ2n) is 5.59. The van der Waals surface area contributed by atoms with Gasteiger partial charge in [0.1, 0.15) is 0 Å². The van der Waals surface area contributed by atoms with Crippen molar-refractivity contribution < 1.29 is 14.4 Å². The van der Waals surface area contributed by atoms with Crippen molar-refractivity contribution >= 4 is 23.4 Å². The number of primary amides is 1. The fourth-order valence-electron chi connectivity index (χ4n) is 2.52. The van der Waals surface area contributed by atoms with E-state index in [1.165, 1.54) is 6.92 Å². The normalized spacial score (nSPS) is 14.4. The van der Waals surface area contributed by atoms with Crippen molar-refractivity contribution in [3.05, 3.63) is 41.5 Å². The second-order valence-corrected chi connectivity index (χ2v) is 5.59. The maximum atomic E-state index is 12.4. The Kier molecular flexibility index (Phi) is 5.51. The number of benzene rings is 1. The van der Waals surface area contributed by atoms with Crippen LogP contribution >= 0.6 is 0 Å². The van der Waals surface area contributed by atoms with Gasteiger partial charge in [0.15, 0.2) is 0 Å². The van der Waals surface area contributed by atoms with E-state index in [9.17, 15) is 14.4 Å². The van der Waals surface area contributed by atoms with Gasteiger partial charge in [0.2, 0.25) is 17.7 Å². The lowest BCUT2D eigenvalue weighted by molar-refractivity contribution is -0.128. The average molecular weight is 315 g/mol. The summed E-state index contributed by atoms with van der Waals surface area (Å²) in [6.45, 7) is 2.62. The average Bonchev–Trinajstić information content (AvgIpc) is 2.49. The number of rotatable bonds is 6. The Morgan fingerprint density at radius 1 is 1.26 bits per heavy atom. The van der Waals surface area contributed by atoms with Crippen LogP contribution in [0.4, 0.5) is 5.69 Å². The van der Waals surface area contributed by atoms with Crippen molar-refractivity contribution in [3.8, 4) is 0 Å². The Morgan fingerprint density at radius 3 is 2.57 bits per heavy atom. The van der Waals surface area contributed by atoms with Gasteiger partial charge in [-0.15, -0.1) is 0 Å². The van der Waals surface area contributed by atoms with Crippen LogP contribution in [0.15, 0.2) is 35.9 Å². The number of nitrogens with one attached hydrogen (secondary N) is 1. The first kappa shape index (κ1) is 16.7. The summed E-state index contributed by atoms with van der Waals surface area (Å²) in [5.41, 5.74) is 7.52. The van der Waals surface area contributed by atoms with Crippen molar-refractivity contribution in [3.63, 3.8) is 0 Å². The molecule has 0 saturated carbocycles. The van der Waals surface area contributed by atoms with E-state index in [2.05, 4.69) is 5.32 Å². The first-order valence-electron chi connectivity index (χ1n) is 7.59. The molecule has 0 spiro atoms. The van der Waals surface area contributed by atoms with Gasteiger partial charge in [-0.2, -0.15) is 0 Å². The van der Waals surface area contributed by atoms with Gasteiger partial charge in [0.25, 0.3) is 0 Å². The molecule has 0 atom stereocenters. The number of anilines is 1. The van der Waals surface area contributed by atoms with Crippen molar-refractivity contribution in [2.24, 2.45) is 5.73 Å². The zero-order chi connectivity index (χ0) is 16.8. The van der Waals surface area contributed by atoms with Crippen LogP contribution in [0.1, 0.15) is 31.7 Å². The number of nitrogens with zero attached hydrogens (tertiary/aromatic N) is 1. The van der Waals surface area contributed by atoms with Gasteiger partial charge in [-0.25, -0.2) is 0 Å². The molecule has 0 bridgehead atoms. The van der Waals surface area contributed by atoms with Gasteiger partial charge in [-0.3, -0.25) is 14.4 Å². The van der Waals surface area contributed by atoms with Gasteiger partial charge >= 0.3 is 0 Å². The van der Waals surface area contributed by atoms with Crippen LogP contribution < -0.4 is 11.1 Å².